The maximum absolute atomic E-state index is 4.04. The Morgan fingerprint density at radius 1 is 1.56 bits per heavy atom. The summed E-state index contributed by atoms with van der Waals surface area (Å²) in [4.78, 5) is 0. The van der Waals surface area contributed by atoms with Crippen LogP contribution in [0.3, 0.4) is 0 Å². The number of hydrogen-bond acceptors (Lipinski definition) is 0. The van der Waals surface area contributed by atoms with Gasteiger partial charge in [-0.2, -0.15) is 0 Å². The van der Waals surface area contributed by atoms with Crippen LogP contribution in [0.25, 0.3) is 0 Å². The summed E-state index contributed by atoms with van der Waals surface area (Å²) in [6.07, 6.45) is 5.92. The van der Waals surface area contributed by atoms with Gasteiger partial charge in [0.05, 0.1) is 0 Å². The summed E-state index contributed by atoms with van der Waals surface area (Å²) in [5, 5.41) is 0. The second kappa shape index (κ2) is 1.50. The molecule has 0 aromatic heterocycles. The molecule has 2 aliphatic carbocycles. The van der Waals surface area contributed by atoms with E-state index in [-0.39, 0.29) is 0 Å². The van der Waals surface area contributed by atoms with Crippen molar-refractivity contribution < 1.29 is 0 Å². The van der Waals surface area contributed by atoms with Crippen LogP contribution in [0.4, 0.5) is 0 Å². The molecule has 9 heavy (non-hydrogen) atoms. The molecule has 2 rings (SSSR count). The van der Waals surface area contributed by atoms with Gasteiger partial charge >= 0.3 is 0 Å². The fourth-order valence-corrected chi connectivity index (χ4v) is 2.08. The quantitative estimate of drug-likeness (QED) is 0.430. The summed E-state index contributed by atoms with van der Waals surface area (Å²) in [6, 6.07) is 0. The SMILES string of the molecule is C=C1CC2C=CC1C2C. The highest BCUT2D eigenvalue weighted by atomic mass is 14.4. The highest BCUT2D eigenvalue weighted by Crippen LogP contribution is 2.46. The summed E-state index contributed by atoms with van der Waals surface area (Å²) in [6.45, 7) is 6.36. The van der Waals surface area contributed by atoms with Crippen molar-refractivity contribution >= 4 is 0 Å². The lowest BCUT2D eigenvalue weighted by Gasteiger charge is -2.06. The van der Waals surface area contributed by atoms with Gasteiger partial charge in [-0.05, 0) is 18.3 Å². The lowest BCUT2D eigenvalue weighted by Crippen LogP contribution is -1.99. The molecule has 0 radical (unpaired) electrons. The van der Waals surface area contributed by atoms with Crippen molar-refractivity contribution in [1.29, 1.82) is 0 Å². The molecule has 0 aliphatic heterocycles. The smallest absolute Gasteiger partial charge is 0.000574 e. The van der Waals surface area contributed by atoms with E-state index in [0.717, 1.165) is 17.8 Å². The molecule has 0 amide bonds. The monoisotopic (exact) mass is 120 g/mol. The molecule has 0 N–H and O–H groups in total. The van der Waals surface area contributed by atoms with Crippen molar-refractivity contribution in [3.8, 4) is 0 Å². The second-order valence-corrected chi connectivity index (χ2v) is 3.30. The van der Waals surface area contributed by atoms with E-state index in [1.165, 1.54) is 12.0 Å². The molecule has 0 spiro atoms. The first-order valence-electron chi connectivity index (χ1n) is 3.65. The van der Waals surface area contributed by atoms with Crippen LogP contribution >= 0.6 is 0 Å². The molecule has 0 heterocycles. The molecular formula is C9H12. The third-order valence-electron chi connectivity index (χ3n) is 2.78. The van der Waals surface area contributed by atoms with E-state index in [0.29, 0.717) is 0 Å². The van der Waals surface area contributed by atoms with Crippen LogP contribution in [-0.4, -0.2) is 0 Å². The Morgan fingerprint density at radius 3 is 2.56 bits per heavy atom. The first kappa shape index (κ1) is 5.28. The van der Waals surface area contributed by atoms with E-state index < -0.39 is 0 Å². The molecule has 0 saturated heterocycles. The van der Waals surface area contributed by atoms with Crippen molar-refractivity contribution in [3.63, 3.8) is 0 Å². The van der Waals surface area contributed by atoms with E-state index >= 15 is 0 Å². The van der Waals surface area contributed by atoms with Gasteiger partial charge in [0.15, 0.2) is 0 Å². The summed E-state index contributed by atoms with van der Waals surface area (Å²) < 4.78 is 0. The Hall–Kier alpha value is -0.520. The summed E-state index contributed by atoms with van der Waals surface area (Å²) in [5.74, 6) is 2.43. The molecule has 3 atom stereocenters. The zero-order valence-corrected chi connectivity index (χ0v) is 5.80. The standard InChI is InChI=1S/C9H12/c1-6-5-8-3-4-9(6)7(8)2/h3-4,7-9H,1,5H2,2H3. The van der Waals surface area contributed by atoms with Gasteiger partial charge in [-0.1, -0.05) is 31.2 Å². The van der Waals surface area contributed by atoms with Crippen molar-refractivity contribution in [2.75, 3.05) is 0 Å². The summed E-state index contributed by atoms with van der Waals surface area (Å²) >= 11 is 0. The minimum Gasteiger partial charge on any atom is -0.0992 e. The Labute approximate surface area is 56.3 Å². The lowest BCUT2D eigenvalue weighted by atomic mass is 9.98. The Morgan fingerprint density at radius 2 is 2.33 bits per heavy atom. The van der Waals surface area contributed by atoms with E-state index in [9.17, 15) is 0 Å². The predicted octanol–water partition coefficient (Wildman–Crippen LogP) is 2.38. The van der Waals surface area contributed by atoms with Crippen LogP contribution < -0.4 is 0 Å². The van der Waals surface area contributed by atoms with Crippen molar-refractivity contribution in [2.45, 2.75) is 13.3 Å². The van der Waals surface area contributed by atoms with E-state index in [1.807, 2.05) is 0 Å². The van der Waals surface area contributed by atoms with E-state index in [2.05, 4.69) is 25.7 Å². The molecule has 2 bridgehead atoms. The molecule has 0 aromatic carbocycles. The largest absolute Gasteiger partial charge is 0.0992 e. The number of fused-ring (bicyclic) bond motifs is 2. The molecule has 3 unspecified atom stereocenters. The molecule has 0 heteroatoms. The van der Waals surface area contributed by atoms with Crippen LogP contribution in [0, 0.1) is 17.8 Å². The summed E-state index contributed by atoms with van der Waals surface area (Å²) in [7, 11) is 0. The maximum atomic E-state index is 4.04. The zero-order valence-electron chi connectivity index (χ0n) is 5.80. The number of allylic oxidation sites excluding steroid dienone is 3. The van der Waals surface area contributed by atoms with Gasteiger partial charge in [0.2, 0.25) is 0 Å². The van der Waals surface area contributed by atoms with Gasteiger partial charge < -0.3 is 0 Å². The topological polar surface area (TPSA) is 0 Å². The van der Waals surface area contributed by atoms with Crippen LogP contribution in [0.15, 0.2) is 24.3 Å². The van der Waals surface area contributed by atoms with Gasteiger partial charge in [-0.3, -0.25) is 0 Å². The molecular weight excluding hydrogens is 108 g/mol. The highest BCUT2D eigenvalue weighted by molar-refractivity contribution is 5.26. The molecule has 48 valence electrons. The van der Waals surface area contributed by atoms with Crippen molar-refractivity contribution in [3.05, 3.63) is 24.3 Å². The predicted molar refractivity (Wildman–Crippen MR) is 39.0 cm³/mol. The third kappa shape index (κ3) is 0.536. The Kier molecular flexibility index (Phi) is 0.879. The second-order valence-electron chi connectivity index (χ2n) is 3.30. The fourth-order valence-electron chi connectivity index (χ4n) is 2.08. The summed E-state index contributed by atoms with van der Waals surface area (Å²) in [5.41, 5.74) is 1.45. The molecule has 1 saturated carbocycles. The first-order chi connectivity index (χ1) is 4.29. The average molecular weight is 120 g/mol. The van der Waals surface area contributed by atoms with Crippen molar-refractivity contribution in [2.24, 2.45) is 17.8 Å². The molecule has 0 aromatic rings. The minimum absolute atomic E-state index is 0.731. The van der Waals surface area contributed by atoms with Crippen LogP contribution in [0.5, 0.6) is 0 Å². The zero-order chi connectivity index (χ0) is 6.43. The molecule has 1 fully saturated rings. The highest BCUT2D eigenvalue weighted by Gasteiger charge is 2.36. The molecule has 0 nitrogen and oxygen atoms in total. The first-order valence-corrected chi connectivity index (χ1v) is 3.65. The van der Waals surface area contributed by atoms with Crippen LogP contribution in [0.2, 0.25) is 0 Å². The van der Waals surface area contributed by atoms with E-state index in [1.54, 1.807) is 0 Å². The Bertz CT molecular complexity index is 176. The molecule has 2 aliphatic rings. The van der Waals surface area contributed by atoms with Gasteiger partial charge in [0.1, 0.15) is 0 Å². The normalized spacial score (nSPS) is 46.8. The number of hydrogen-bond donors (Lipinski definition) is 0. The maximum Gasteiger partial charge on any atom is 0.000574 e. The van der Waals surface area contributed by atoms with Crippen LogP contribution in [-0.2, 0) is 0 Å². The average Bonchev–Trinajstić information content (AvgIpc) is 2.25. The minimum atomic E-state index is 0.731. The fraction of sp³-hybridized carbons (Fsp3) is 0.556. The van der Waals surface area contributed by atoms with Gasteiger partial charge in [-0.25, -0.2) is 0 Å². The lowest BCUT2D eigenvalue weighted by molar-refractivity contribution is 0.483. The third-order valence-corrected chi connectivity index (χ3v) is 2.78. The van der Waals surface area contributed by atoms with Gasteiger partial charge in [-0.15, -0.1) is 0 Å². The Balaban J connectivity index is 2.35. The van der Waals surface area contributed by atoms with E-state index in [4.69, 9.17) is 0 Å². The van der Waals surface area contributed by atoms with Gasteiger partial charge in [0.25, 0.3) is 0 Å². The number of rotatable bonds is 0. The van der Waals surface area contributed by atoms with Crippen molar-refractivity contribution in [1.82, 2.24) is 0 Å². The van der Waals surface area contributed by atoms with Crippen LogP contribution in [0.1, 0.15) is 13.3 Å². The van der Waals surface area contributed by atoms with Gasteiger partial charge in [0, 0.05) is 5.92 Å².